The molecule has 0 aliphatic carbocycles. The number of aliphatic carboxylic acids is 1. The lowest BCUT2D eigenvalue weighted by atomic mass is 10.2. The molecule has 2 aromatic heterocycles. The standard InChI is InChI=1S/C20H23N5O4S2/c26-10-14(18(27)28)22-16-15-17(23-19(31-15)21-9-13-7-4-8-29-13)25-20(24-16)30-11-12-5-2-1-3-6-12/h1-3,5-6,13-14,26H,4,7-11H2,(H,27,28)(H2,21,22,23,24,25)/t13?,14-/m0/s1. The molecule has 0 bridgehead atoms. The van der Waals surface area contributed by atoms with Crippen LogP contribution < -0.4 is 10.6 Å². The number of carboxylic acids is 1. The largest absolute Gasteiger partial charge is 0.480 e. The van der Waals surface area contributed by atoms with Crippen molar-refractivity contribution in [3.05, 3.63) is 35.9 Å². The van der Waals surface area contributed by atoms with E-state index < -0.39 is 18.6 Å². The monoisotopic (exact) mass is 461 g/mol. The molecule has 0 spiro atoms. The first-order valence-electron chi connectivity index (χ1n) is 9.93. The zero-order chi connectivity index (χ0) is 21.6. The first kappa shape index (κ1) is 21.8. The summed E-state index contributed by atoms with van der Waals surface area (Å²) in [6.45, 7) is 0.877. The van der Waals surface area contributed by atoms with E-state index in [-0.39, 0.29) is 6.10 Å². The average Bonchev–Trinajstić information content (AvgIpc) is 3.44. The highest BCUT2D eigenvalue weighted by molar-refractivity contribution is 7.98. The zero-order valence-corrected chi connectivity index (χ0v) is 18.3. The highest BCUT2D eigenvalue weighted by Gasteiger charge is 2.22. The third kappa shape index (κ3) is 5.62. The molecule has 2 atom stereocenters. The maximum Gasteiger partial charge on any atom is 0.328 e. The molecule has 1 saturated heterocycles. The summed E-state index contributed by atoms with van der Waals surface area (Å²) in [6, 6.07) is 8.77. The quantitative estimate of drug-likeness (QED) is 0.264. The number of carboxylic acid groups (broad SMARTS) is 1. The van der Waals surface area contributed by atoms with Crippen LogP contribution in [-0.4, -0.2) is 63.0 Å². The number of anilines is 2. The smallest absolute Gasteiger partial charge is 0.328 e. The molecule has 164 valence electrons. The number of ether oxygens (including phenoxy) is 1. The van der Waals surface area contributed by atoms with Crippen molar-refractivity contribution in [2.75, 3.05) is 30.4 Å². The Labute approximate surface area is 187 Å². The van der Waals surface area contributed by atoms with E-state index in [1.54, 1.807) is 0 Å². The van der Waals surface area contributed by atoms with Gasteiger partial charge in [0, 0.05) is 18.9 Å². The molecule has 3 heterocycles. The van der Waals surface area contributed by atoms with E-state index in [0.29, 0.717) is 38.8 Å². The average molecular weight is 462 g/mol. The van der Waals surface area contributed by atoms with Gasteiger partial charge in [0.05, 0.1) is 12.7 Å². The second kappa shape index (κ2) is 10.2. The molecule has 9 nitrogen and oxygen atoms in total. The van der Waals surface area contributed by atoms with Gasteiger partial charge in [0.1, 0.15) is 10.7 Å². The van der Waals surface area contributed by atoms with E-state index in [1.807, 2.05) is 30.3 Å². The highest BCUT2D eigenvalue weighted by atomic mass is 32.2. The summed E-state index contributed by atoms with van der Waals surface area (Å²) in [5.41, 5.74) is 1.61. The highest BCUT2D eigenvalue weighted by Crippen LogP contribution is 2.33. The van der Waals surface area contributed by atoms with Gasteiger partial charge in [-0.05, 0) is 18.4 Å². The molecule has 4 rings (SSSR count). The van der Waals surface area contributed by atoms with Crippen molar-refractivity contribution in [2.45, 2.75) is 35.9 Å². The molecule has 3 aromatic rings. The number of aliphatic hydroxyl groups excluding tert-OH is 1. The van der Waals surface area contributed by atoms with Gasteiger partial charge in [0.15, 0.2) is 21.8 Å². The lowest BCUT2D eigenvalue weighted by Crippen LogP contribution is -2.33. The summed E-state index contributed by atoms with van der Waals surface area (Å²) in [4.78, 5) is 25.1. The molecular weight excluding hydrogens is 438 g/mol. The van der Waals surface area contributed by atoms with Gasteiger partial charge in [-0.3, -0.25) is 0 Å². The fraction of sp³-hybridized carbons (Fsp3) is 0.400. The van der Waals surface area contributed by atoms with E-state index in [4.69, 9.17) is 4.74 Å². The minimum Gasteiger partial charge on any atom is -0.480 e. The number of thioether (sulfide) groups is 1. The maximum atomic E-state index is 11.4. The molecule has 1 aromatic carbocycles. The molecule has 1 aliphatic rings. The Hall–Kier alpha value is -2.47. The zero-order valence-electron chi connectivity index (χ0n) is 16.7. The maximum absolute atomic E-state index is 11.4. The Morgan fingerprint density at radius 3 is 2.84 bits per heavy atom. The molecule has 1 fully saturated rings. The van der Waals surface area contributed by atoms with Gasteiger partial charge in [-0.15, -0.1) is 0 Å². The molecule has 4 N–H and O–H groups in total. The predicted molar refractivity (Wildman–Crippen MR) is 121 cm³/mol. The number of thiazole rings is 1. The number of carbonyl (C=O) groups is 1. The van der Waals surface area contributed by atoms with Gasteiger partial charge < -0.3 is 25.6 Å². The lowest BCUT2D eigenvalue weighted by Gasteiger charge is -2.13. The lowest BCUT2D eigenvalue weighted by molar-refractivity contribution is -0.138. The molecular formula is C20H23N5O4S2. The van der Waals surface area contributed by atoms with Crippen molar-refractivity contribution in [3.63, 3.8) is 0 Å². The molecule has 31 heavy (non-hydrogen) atoms. The molecule has 0 saturated carbocycles. The number of fused-ring (bicyclic) bond motifs is 1. The summed E-state index contributed by atoms with van der Waals surface area (Å²) >= 11 is 2.79. The minimum absolute atomic E-state index is 0.165. The topological polar surface area (TPSA) is 129 Å². The fourth-order valence-corrected chi connectivity index (χ4v) is 4.78. The number of hydrogen-bond donors (Lipinski definition) is 4. The van der Waals surface area contributed by atoms with Crippen LogP contribution in [0.5, 0.6) is 0 Å². The Morgan fingerprint density at radius 1 is 1.29 bits per heavy atom. The van der Waals surface area contributed by atoms with Crippen LogP contribution in [0.3, 0.4) is 0 Å². The Kier molecular flexibility index (Phi) is 7.17. The minimum atomic E-state index is -1.17. The number of hydrogen-bond acceptors (Lipinski definition) is 10. The second-order valence-electron chi connectivity index (χ2n) is 7.03. The second-order valence-corrected chi connectivity index (χ2v) is 8.98. The van der Waals surface area contributed by atoms with E-state index in [9.17, 15) is 15.0 Å². The SMILES string of the molecule is O=C(O)[C@H](CO)Nc1nc(SCc2ccccc2)nc2nc(NCC3CCCO3)sc12. The van der Waals surface area contributed by atoms with E-state index in [2.05, 4.69) is 25.6 Å². The number of aliphatic hydroxyl groups is 1. The van der Waals surface area contributed by atoms with Crippen molar-refractivity contribution in [2.24, 2.45) is 0 Å². The summed E-state index contributed by atoms with van der Waals surface area (Å²) in [6.07, 6.45) is 2.24. The summed E-state index contributed by atoms with van der Waals surface area (Å²) in [5.74, 6) is -0.138. The van der Waals surface area contributed by atoms with Crippen molar-refractivity contribution in [3.8, 4) is 0 Å². The molecule has 1 unspecified atom stereocenters. The third-order valence-corrected chi connectivity index (χ3v) is 6.67. The van der Waals surface area contributed by atoms with Gasteiger partial charge in [-0.25, -0.2) is 14.8 Å². The Morgan fingerprint density at radius 2 is 2.13 bits per heavy atom. The van der Waals surface area contributed by atoms with Crippen LogP contribution >= 0.6 is 23.1 Å². The van der Waals surface area contributed by atoms with Crippen molar-refractivity contribution < 1.29 is 19.7 Å². The fourth-order valence-electron chi connectivity index (χ4n) is 3.12. The Balaban J connectivity index is 1.58. The normalized spacial score (nSPS) is 17.0. The van der Waals surface area contributed by atoms with Crippen LogP contribution in [0.1, 0.15) is 18.4 Å². The molecule has 0 amide bonds. The first-order valence-corrected chi connectivity index (χ1v) is 11.7. The van der Waals surface area contributed by atoms with E-state index in [0.717, 1.165) is 25.0 Å². The molecule has 0 radical (unpaired) electrons. The van der Waals surface area contributed by atoms with Gasteiger partial charge in [-0.1, -0.05) is 53.4 Å². The number of nitrogens with zero attached hydrogens (tertiary/aromatic N) is 3. The number of benzene rings is 1. The Bertz CT molecular complexity index is 1030. The van der Waals surface area contributed by atoms with Crippen molar-refractivity contribution in [1.29, 1.82) is 0 Å². The van der Waals surface area contributed by atoms with Crippen LogP contribution in [0.15, 0.2) is 35.5 Å². The van der Waals surface area contributed by atoms with E-state index in [1.165, 1.54) is 23.1 Å². The first-order chi connectivity index (χ1) is 15.1. The number of aromatic nitrogens is 3. The summed E-state index contributed by atoms with van der Waals surface area (Å²) in [7, 11) is 0. The van der Waals surface area contributed by atoms with E-state index >= 15 is 0 Å². The van der Waals surface area contributed by atoms with Crippen LogP contribution in [0.25, 0.3) is 10.3 Å². The van der Waals surface area contributed by atoms with Crippen LogP contribution in [0, 0.1) is 0 Å². The van der Waals surface area contributed by atoms with Gasteiger partial charge in [0.2, 0.25) is 0 Å². The third-order valence-electron chi connectivity index (χ3n) is 4.74. The van der Waals surface area contributed by atoms with Crippen molar-refractivity contribution >= 4 is 50.4 Å². The molecule has 1 aliphatic heterocycles. The number of nitrogens with one attached hydrogen (secondary N) is 2. The van der Waals surface area contributed by atoms with Crippen LogP contribution in [0.4, 0.5) is 10.9 Å². The molecule has 11 heteroatoms. The summed E-state index contributed by atoms with van der Waals surface area (Å²) in [5, 5.41) is 26.0. The predicted octanol–water partition coefficient (Wildman–Crippen LogP) is 2.83. The van der Waals surface area contributed by atoms with Crippen molar-refractivity contribution in [1.82, 2.24) is 15.0 Å². The summed E-state index contributed by atoms with van der Waals surface area (Å²) < 4.78 is 6.27. The number of rotatable bonds is 10. The van der Waals surface area contributed by atoms with Crippen LogP contribution in [0.2, 0.25) is 0 Å². The van der Waals surface area contributed by atoms with Gasteiger partial charge in [0.25, 0.3) is 0 Å². The van der Waals surface area contributed by atoms with Gasteiger partial charge in [-0.2, -0.15) is 4.98 Å². The van der Waals surface area contributed by atoms with Gasteiger partial charge >= 0.3 is 5.97 Å². The van der Waals surface area contributed by atoms with Crippen LogP contribution in [-0.2, 0) is 15.3 Å².